The first-order valence-electron chi connectivity index (χ1n) is 15.7. The van der Waals surface area contributed by atoms with Crippen LogP contribution in [0.3, 0.4) is 0 Å². The predicted octanol–water partition coefficient (Wildman–Crippen LogP) is 8.41. The minimum Gasteiger partial charge on any atom is -0.463 e. The van der Waals surface area contributed by atoms with E-state index in [-0.39, 0.29) is 18.0 Å². The lowest BCUT2D eigenvalue weighted by Gasteiger charge is -2.61. The molecule has 9 atom stereocenters. The maximum absolute atomic E-state index is 12.3. The van der Waals surface area contributed by atoms with Crippen molar-refractivity contribution >= 4 is 17.6 Å². The van der Waals surface area contributed by atoms with Gasteiger partial charge >= 0.3 is 5.97 Å². The van der Waals surface area contributed by atoms with Gasteiger partial charge in [0, 0.05) is 19.0 Å². The summed E-state index contributed by atoms with van der Waals surface area (Å²) in [6.07, 6.45) is 15.8. The van der Waals surface area contributed by atoms with Gasteiger partial charge in [0.15, 0.2) is 0 Å². The Morgan fingerprint density at radius 1 is 0.947 bits per heavy atom. The molecule has 4 aliphatic carbocycles. The number of nitrogens with one attached hydrogen (secondary N) is 1. The third-order valence-electron chi connectivity index (χ3n) is 12.1. The number of hydrogen-bond acceptors (Lipinski definition) is 3. The molecule has 1 amide bonds. The van der Waals surface area contributed by atoms with E-state index < -0.39 is 0 Å². The van der Waals surface area contributed by atoms with Gasteiger partial charge in [0.05, 0.1) is 0 Å². The van der Waals surface area contributed by atoms with E-state index in [9.17, 15) is 9.59 Å². The number of benzene rings is 1. The molecule has 4 aliphatic rings. The van der Waals surface area contributed by atoms with Crippen LogP contribution in [0.2, 0.25) is 0 Å². The quantitative estimate of drug-likeness (QED) is 0.276. The topological polar surface area (TPSA) is 55.4 Å². The van der Waals surface area contributed by atoms with Crippen LogP contribution in [0.4, 0.5) is 5.69 Å². The second-order valence-corrected chi connectivity index (χ2v) is 14.0. The molecule has 0 bridgehead atoms. The first kappa shape index (κ1) is 27.7. The van der Waals surface area contributed by atoms with Crippen LogP contribution in [-0.4, -0.2) is 18.0 Å². The zero-order valence-corrected chi connectivity index (χ0v) is 24.3. The molecular weight excluding hydrogens is 470 g/mol. The van der Waals surface area contributed by atoms with Crippen molar-refractivity contribution in [3.8, 4) is 0 Å². The highest BCUT2D eigenvalue weighted by Gasteiger charge is 2.60. The highest BCUT2D eigenvalue weighted by molar-refractivity contribution is 5.90. The summed E-state index contributed by atoms with van der Waals surface area (Å²) in [5.41, 5.74) is 1.82. The van der Waals surface area contributed by atoms with E-state index in [2.05, 4.69) is 26.1 Å². The number of fused-ring (bicyclic) bond motifs is 5. The van der Waals surface area contributed by atoms with Gasteiger partial charge in [0.1, 0.15) is 6.10 Å². The monoisotopic (exact) mass is 521 g/mol. The van der Waals surface area contributed by atoms with Crippen molar-refractivity contribution in [3.63, 3.8) is 0 Å². The lowest BCUT2D eigenvalue weighted by Crippen LogP contribution is -2.54. The molecule has 1 aromatic carbocycles. The van der Waals surface area contributed by atoms with Gasteiger partial charge in [-0.25, -0.2) is 0 Å². The molecule has 0 aromatic heterocycles. The van der Waals surface area contributed by atoms with Gasteiger partial charge in [-0.3, -0.25) is 9.59 Å². The van der Waals surface area contributed by atoms with Crippen LogP contribution in [0.15, 0.2) is 30.3 Å². The van der Waals surface area contributed by atoms with E-state index in [0.717, 1.165) is 66.9 Å². The Labute approximate surface area is 231 Å². The summed E-state index contributed by atoms with van der Waals surface area (Å²) >= 11 is 0. The van der Waals surface area contributed by atoms with Gasteiger partial charge in [-0.1, -0.05) is 51.8 Å². The molecule has 0 radical (unpaired) electrons. The number of carbonyl (C=O) groups excluding carboxylic acids is 2. The highest BCUT2D eigenvalue weighted by Crippen LogP contribution is 2.68. The molecule has 0 saturated heterocycles. The summed E-state index contributed by atoms with van der Waals surface area (Å²) in [4.78, 5) is 23.9. The van der Waals surface area contributed by atoms with Gasteiger partial charge in [0.2, 0.25) is 5.91 Å². The van der Waals surface area contributed by atoms with Gasteiger partial charge in [0.25, 0.3) is 0 Å². The van der Waals surface area contributed by atoms with Crippen LogP contribution >= 0.6 is 0 Å². The molecule has 4 heteroatoms. The molecule has 5 rings (SSSR count). The Bertz CT molecular complexity index is 977. The number of amides is 1. The maximum atomic E-state index is 12.3. The Morgan fingerprint density at radius 3 is 2.45 bits per heavy atom. The normalized spacial score (nSPS) is 38.8. The molecule has 0 aliphatic heterocycles. The lowest BCUT2D eigenvalue weighted by atomic mass is 9.44. The fourth-order valence-corrected chi connectivity index (χ4v) is 10.2. The number of rotatable bonds is 8. The van der Waals surface area contributed by atoms with E-state index in [1.54, 1.807) is 6.92 Å². The Hall–Kier alpha value is -1.84. The van der Waals surface area contributed by atoms with E-state index >= 15 is 0 Å². The molecule has 1 aromatic rings. The third kappa shape index (κ3) is 5.43. The van der Waals surface area contributed by atoms with E-state index in [1.807, 2.05) is 30.3 Å². The number of ether oxygens (including phenoxy) is 1. The number of hydrogen-bond donors (Lipinski definition) is 1. The first-order chi connectivity index (χ1) is 18.2. The van der Waals surface area contributed by atoms with Crippen molar-refractivity contribution in [2.45, 2.75) is 117 Å². The van der Waals surface area contributed by atoms with Gasteiger partial charge in [-0.2, -0.15) is 0 Å². The lowest BCUT2D eigenvalue weighted by molar-refractivity contribution is -0.160. The van der Waals surface area contributed by atoms with Crippen molar-refractivity contribution in [2.75, 3.05) is 5.32 Å². The Balaban J connectivity index is 1.13. The fourth-order valence-electron chi connectivity index (χ4n) is 10.2. The van der Waals surface area contributed by atoms with Crippen LogP contribution in [0.25, 0.3) is 0 Å². The molecule has 4 nitrogen and oxygen atoms in total. The minimum atomic E-state index is -0.109. The first-order valence-corrected chi connectivity index (χ1v) is 15.7. The van der Waals surface area contributed by atoms with Crippen LogP contribution in [0.5, 0.6) is 0 Å². The maximum Gasteiger partial charge on any atom is 0.302 e. The molecule has 0 heterocycles. The summed E-state index contributed by atoms with van der Waals surface area (Å²) < 4.78 is 5.67. The number of carbonyl (C=O) groups is 2. The molecule has 38 heavy (non-hydrogen) atoms. The second kappa shape index (κ2) is 11.3. The highest BCUT2D eigenvalue weighted by atomic mass is 16.5. The summed E-state index contributed by atoms with van der Waals surface area (Å²) in [6, 6.07) is 9.80. The van der Waals surface area contributed by atoms with E-state index in [0.29, 0.717) is 17.3 Å². The van der Waals surface area contributed by atoms with Gasteiger partial charge in [-0.15, -0.1) is 0 Å². The number of esters is 1. The molecule has 4 fully saturated rings. The average Bonchev–Trinajstić information content (AvgIpc) is 3.24. The molecule has 210 valence electrons. The van der Waals surface area contributed by atoms with Gasteiger partial charge in [-0.05, 0) is 123 Å². The summed E-state index contributed by atoms with van der Waals surface area (Å²) in [7, 11) is 0. The minimum absolute atomic E-state index is 0.109. The van der Waals surface area contributed by atoms with E-state index in [4.69, 9.17) is 4.74 Å². The predicted molar refractivity (Wildman–Crippen MR) is 153 cm³/mol. The number of para-hydroxylation sites is 1. The fraction of sp³-hybridized carbons (Fsp3) is 0.765. The van der Waals surface area contributed by atoms with Crippen molar-refractivity contribution in [2.24, 2.45) is 46.3 Å². The molecular formula is C34H51NO3. The smallest absolute Gasteiger partial charge is 0.302 e. The SMILES string of the molecule is CC(=O)O[C@@H]1CC[C@@]2(C)[C@H](CC[C@@H]3[C@@H]2CC[C@]2(C)[C@@H]([C@H](C)CCCCC(=O)Nc4ccccc4)CC[C@@H]32)C1. The van der Waals surface area contributed by atoms with Crippen LogP contribution in [0.1, 0.15) is 111 Å². The molecule has 0 spiro atoms. The molecule has 0 unspecified atom stereocenters. The third-order valence-corrected chi connectivity index (χ3v) is 12.1. The Morgan fingerprint density at radius 2 is 1.68 bits per heavy atom. The zero-order chi connectivity index (χ0) is 26.9. The zero-order valence-electron chi connectivity index (χ0n) is 24.3. The Kier molecular flexibility index (Phi) is 8.27. The van der Waals surface area contributed by atoms with Crippen molar-refractivity contribution in [1.29, 1.82) is 0 Å². The second-order valence-electron chi connectivity index (χ2n) is 14.0. The van der Waals surface area contributed by atoms with Crippen LogP contribution < -0.4 is 5.32 Å². The van der Waals surface area contributed by atoms with Crippen LogP contribution in [0, 0.1) is 46.3 Å². The van der Waals surface area contributed by atoms with E-state index in [1.165, 1.54) is 51.4 Å². The summed E-state index contributed by atoms with van der Waals surface area (Å²) in [6.45, 7) is 9.32. The van der Waals surface area contributed by atoms with Crippen molar-refractivity contribution in [1.82, 2.24) is 0 Å². The van der Waals surface area contributed by atoms with Crippen LogP contribution in [-0.2, 0) is 14.3 Å². The number of unbranched alkanes of at least 4 members (excludes halogenated alkanes) is 1. The van der Waals surface area contributed by atoms with Gasteiger partial charge < -0.3 is 10.1 Å². The standard InChI is InChI=1S/C34H51NO3/c1-23(10-8-9-13-32(37)35-26-11-6-5-7-12-26)29-16-17-30-28-15-14-25-22-27(38-24(2)36)18-20-33(25,3)31(28)19-21-34(29,30)4/h5-7,11-12,23,25,27-31H,8-10,13-22H2,1-4H3,(H,35,37)/t23-,25-,27-,28+,29-,30+,31+,33+,34-/m1/s1. The summed E-state index contributed by atoms with van der Waals surface area (Å²) in [5.74, 6) is 4.95. The van der Waals surface area contributed by atoms with Crippen molar-refractivity contribution < 1.29 is 14.3 Å². The summed E-state index contributed by atoms with van der Waals surface area (Å²) in [5, 5.41) is 3.03. The average molecular weight is 522 g/mol. The molecule has 1 N–H and O–H groups in total. The molecule has 4 saturated carbocycles. The number of anilines is 1. The van der Waals surface area contributed by atoms with Crippen molar-refractivity contribution in [3.05, 3.63) is 30.3 Å². The largest absolute Gasteiger partial charge is 0.463 e.